The molecule has 0 bridgehead atoms. The Balaban J connectivity index is 1.63. The standard InChI is InChI=1S/C22H20N4O2/c1-14-12-19(20-15(2)25-26(3)21(20)23-14)22(27)24-16-8-7-11-18(13-16)28-17-9-5-4-6-10-17/h4-13H,1-3H3,(H,24,27). The lowest BCUT2D eigenvalue weighted by molar-refractivity contribution is 0.102. The van der Waals surface area contributed by atoms with Crippen molar-refractivity contribution in [3.05, 3.63) is 77.6 Å². The zero-order valence-electron chi connectivity index (χ0n) is 15.9. The summed E-state index contributed by atoms with van der Waals surface area (Å²) in [5.74, 6) is 1.18. The van der Waals surface area contributed by atoms with Crippen molar-refractivity contribution in [1.82, 2.24) is 14.8 Å². The Labute approximate surface area is 162 Å². The van der Waals surface area contributed by atoms with Gasteiger partial charge in [0.15, 0.2) is 5.65 Å². The number of carbonyl (C=O) groups excluding carboxylic acids is 1. The number of hydrogen-bond acceptors (Lipinski definition) is 4. The van der Waals surface area contributed by atoms with Crippen molar-refractivity contribution >= 4 is 22.6 Å². The molecular weight excluding hydrogens is 352 g/mol. The smallest absolute Gasteiger partial charge is 0.256 e. The van der Waals surface area contributed by atoms with Gasteiger partial charge in [0, 0.05) is 24.5 Å². The molecule has 2 aromatic carbocycles. The van der Waals surface area contributed by atoms with Crippen molar-refractivity contribution in [2.45, 2.75) is 13.8 Å². The van der Waals surface area contributed by atoms with Gasteiger partial charge < -0.3 is 10.1 Å². The maximum absolute atomic E-state index is 13.0. The molecule has 4 aromatic rings. The molecule has 1 amide bonds. The van der Waals surface area contributed by atoms with E-state index in [1.54, 1.807) is 16.8 Å². The van der Waals surface area contributed by atoms with Crippen LogP contribution in [-0.4, -0.2) is 20.7 Å². The van der Waals surface area contributed by atoms with Gasteiger partial charge in [-0.2, -0.15) is 5.10 Å². The largest absolute Gasteiger partial charge is 0.457 e. The van der Waals surface area contributed by atoms with E-state index in [0.717, 1.165) is 22.5 Å². The average molecular weight is 372 g/mol. The molecule has 140 valence electrons. The maximum atomic E-state index is 13.0. The number of aromatic nitrogens is 3. The second-order valence-electron chi connectivity index (χ2n) is 6.62. The van der Waals surface area contributed by atoms with E-state index in [-0.39, 0.29) is 5.91 Å². The van der Waals surface area contributed by atoms with Crippen molar-refractivity contribution in [2.75, 3.05) is 5.32 Å². The number of aryl methyl sites for hydroxylation is 3. The predicted octanol–water partition coefficient (Wildman–Crippen LogP) is 4.63. The van der Waals surface area contributed by atoms with Gasteiger partial charge in [-0.15, -0.1) is 0 Å². The quantitative estimate of drug-likeness (QED) is 0.567. The van der Waals surface area contributed by atoms with Gasteiger partial charge >= 0.3 is 0 Å². The highest BCUT2D eigenvalue weighted by Crippen LogP contribution is 2.26. The number of benzene rings is 2. The van der Waals surface area contributed by atoms with E-state index >= 15 is 0 Å². The van der Waals surface area contributed by atoms with Gasteiger partial charge in [0.25, 0.3) is 5.91 Å². The third kappa shape index (κ3) is 3.44. The van der Waals surface area contributed by atoms with Crippen molar-refractivity contribution in [3.63, 3.8) is 0 Å². The minimum absolute atomic E-state index is 0.205. The molecule has 0 spiro atoms. The number of hydrogen-bond donors (Lipinski definition) is 1. The summed E-state index contributed by atoms with van der Waals surface area (Å²) in [6, 6.07) is 18.6. The monoisotopic (exact) mass is 372 g/mol. The first-order chi connectivity index (χ1) is 13.5. The molecule has 0 saturated carbocycles. The molecule has 28 heavy (non-hydrogen) atoms. The first kappa shape index (κ1) is 17.7. The number of nitrogens with one attached hydrogen (secondary N) is 1. The van der Waals surface area contributed by atoms with Crippen LogP contribution in [0.25, 0.3) is 11.0 Å². The summed E-state index contributed by atoms with van der Waals surface area (Å²) in [6.07, 6.45) is 0. The summed E-state index contributed by atoms with van der Waals surface area (Å²) < 4.78 is 7.54. The van der Waals surface area contributed by atoms with E-state index < -0.39 is 0 Å². The fourth-order valence-electron chi connectivity index (χ4n) is 3.21. The van der Waals surface area contributed by atoms with Gasteiger partial charge in [-0.1, -0.05) is 24.3 Å². The maximum Gasteiger partial charge on any atom is 0.256 e. The highest BCUT2D eigenvalue weighted by molar-refractivity contribution is 6.12. The number of carbonyl (C=O) groups is 1. The molecule has 1 N–H and O–H groups in total. The van der Waals surface area contributed by atoms with Crippen LogP contribution < -0.4 is 10.1 Å². The van der Waals surface area contributed by atoms with Gasteiger partial charge in [0.2, 0.25) is 0 Å². The third-order valence-corrected chi connectivity index (χ3v) is 4.41. The Morgan fingerprint density at radius 2 is 1.75 bits per heavy atom. The summed E-state index contributed by atoms with van der Waals surface area (Å²) in [6.45, 7) is 3.75. The van der Waals surface area contributed by atoms with Crippen LogP contribution in [-0.2, 0) is 7.05 Å². The van der Waals surface area contributed by atoms with Crippen LogP contribution in [0.3, 0.4) is 0 Å². The number of nitrogens with zero attached hydrogens (tertiary/aromatic N) is 3. The summed E-state index contributed by atoms with van der Waals surface area (Å²) in [7, 11) is 1.83. The fourth-order valence-corrected chi connectivity index (χ4v) is 3.21. The number of fused-ring (bicyclic) bond motifs is 1. The van der Waals surface area contributed by atoms with Crippen LogP contribution in [0.2, 0.25) is 0 Å². The Kier molecular flexibility index (Phi) is 4.53. The van der Waals surface area contributed by atoms with Crippen LogP contribution in [0.5, 0.6) is 11.5 Å². The molecule has 0 aliphatic carbocycles. The Hall–Kier alpha value is -3.67. The number of ether oxygens (including phenoxy) is 1. The fraction of sp³-hybridized carbons (Fsp3) is 0.136. The summed E-state index contributed by atoms with van der Waals surface area (Å²) in [4.78, 5) is 17.5. The first-order valence-corrected chi connectivity index (χ1v) is 8.96. The SMILES string of the molecule is Cc1cc(C(=O)Nc2cccc(Oc3ccccc3)c2)c2c(C)nn(C)c2n1. The van der Waals surface area contributed by atoms with Gasteiger partial charge in [0.1, 0.15) is 11.5 Å². The van der Waals surface area contributed by atoms with Crippen LogP contribution in [0.15, 0.2) is 60.7 Å². The lowest BCUT2D eigenvalue weighted by Crippen LogP contribution is -2.13. The topological polar surface area (TPSA) is 69.0 Å². The van der Waals surface area contributed by atoms with E-state index in [1.165, 1.54) is 0 Å². The number of pyridine rings is 1. The molecule has 6 nitrogen and oxygen atoms in total. The molecule has 4 rings (SSSR count). The molecule has 2 aromatic heterocycles. The molecule has 0 aliphatic rings. The third-order valence-electron chi connectivity index (χ3n) is 4.41. The van der Waals surface area contributed by atoms with E-state index in [1.807, 2.05) is 69.4 Å². The molecule has 0 fully saturated rings. The normalized spacial score (nSPS) is 10.8. The zero-order chi connectivity index (χ0) is 19.7. The molecule has 0 unspecified atom stereocenters. The summed E-state index contributed by atoms with van der Waals surface area (Å²) in [5, 5.41) is 8.12. The summed E-state index contributed by atoms with van der Waals surface area (Å²) >= 11 is 0. The van der Waals surface area contributed by atoms with Crippen molar-refractivity contribution < 1.29 is 9.53 Å². The first-order valence-electron chi connectivity index (χ1n) is 8.96. The van der Waals surface area contributed by atoms with Crippen LogP contribution in [0.4, 0.5) is 5.69 Å². The van der Waals surface area contributed by atoms with Crippen molar-refractivity contribution in [1.29, 1.82) is 0 Å². The average Bonchev–Trinajstić information content (AvgIpc) is 2.96. The highest BCUT2D eigenvalue weighted by atomic mass is 16.5. The number of rotatable bonds is 4. The van der Waals surface area contributed by atoms with Gasteiger partial charge in [-0.05, 0) is 44.2 Å². The van der Waals surface area contributed by atoms with E-state index in [2.05, 4.69) is 15.4 Å². The van der Waals surface area contributed by atoms with E-state index in [9.17, 15) is 4.79 Å². The molecule has 0 atom stereocenters. The van der Waals surface area contributed by atoms with Gasteiger partial charge in [-0.25, -0.2) is 4.98 Å². The zero-order valence-corrected chi connectivity index (χ0v) is 15.9. The van der Waals surface area contributed by atoms with Crippen molar-refractivity contribution in [2.24, 2.45) is 7.05 Å². The Bertz CT molecular complexity index is 1170. The van der Waals surface area contributed by atoms with Crippen LogP contribution >= 0.6 is 0 Å². The predicted molar refractivity (Wildman–Crippen MR) is 109 cm³/mol. The second kappa shape index (κ2) is 7.15. The van der Waals surface area contributed by atoms with Crippen LogP contribution in [0.1, 0.15) is 21.7 Å². The second-order valence-corrected chi connectivity index (χ2v) is 6.62. The van der Waals surface area contributed by atoms with Gasteiger partial charge in [0.05, 0.1) is 16.6 Å². The molecule has 0 radical (unpaired) electrons. The molecule has 2 heterocycles. The minimum Gasteiger partial charge on any atom is -0.457 e. The molecule has 0 aliphatic heterocycles. The van der Waals surface area contributed by atoms with E-state index in [0.29, 0.717) is 22.6 Å². The lowest BCUT2D eigenvalue weighted by Gasteiger charge is -2.10. The van der Waals surface area contributed by atoms with Crippen molar-refractivity contribution in [3.8, 4) is 11.5 Å². The minimum atomic E-state index is -0.205. The lowest BCUT2D eigenvalue weighted by atomic mass is 10.1. The highest BCUT2D eigenvalue weighted by Gasteiger charge is 2.18. The number of para-hydroxylation sites is 1. The van der Waals surface area contributed by atoms with Crippen LogP contribution in [0, 0.1) is 13.8 Å². The summed E-state index contributed by atoms with van der Waals surface area (Å²) in [5.41, 5.74) is 3.45. The Morgan fingerprint density at radius 1 is 1.00 bits per heavy atom. The molecule has 6 heteroatoms. The van der Waals surface area contributed by atoms with E-state index in [4.69, 9.17) is 4.74 Å². The molecule has 0 saturated heterocycles. The number of anilines is 1. The molecular formula is C22H20N4O2. The number of amides is 1. The Morgan fingerprint density at radius 3 is 2.54 bits per heavy atom. The van der Waals surface area contributed by atoms with Gasteiger partial charge in [-0.3, -0.25) is 9.48 Å².